The smallest absolute Gasteiger partial charge is 0.155 e. The van der Waals surface area contributed by atoms with Crippen LogP contribution in [0, 0.1) is 26.7 Å². The lowest BCUT2D eigenvalue weighted by molar-refractivity contribution is 0.519. The van der Waals surface area contributed by atoms with E-state index in [4.69, 9.17) is 5.73 Å². The summed E-state index contributed by atoms with van der Waals surface area (Å²) < 4.78 is 0. The van der Waals surface area contributed by atoms with Gasteiger partial charge in [-0.15, -0.1) is 0 Å². The average molecular weight is 326 g/mol. The lowest BCUT2D eigenvalue weighted by Crippen LogP contribution is -2.14. The first-order chi connectivity index (χ1) is 11.5. The number of hydrogen-bond donors (Lipinski definition) is 3. The van der Waals surface area contributed by atoms with Crippen molar-refractivity contribution < 1.29 is 0 Å². The third-order valence-electron chi connectivity index (χ3n) is 4.65. The molecule has 130 valence electrons. The van der Waals surface area contributed by atoms with Crippen molar-refractivity contribution in [2.75, 3.05) is 22.9 Å². The Kier molecular flexibility index (Phi) is 6.07. The zero-order valence-corrected chi connectivity index (χ0v) is 15.5. The van der Waals surface area contributed by atoms with E-state index in [9.17, 15) is 0 Å². The quantitative estimate of drug-likeness (QED) is 0.656. The SMILES string of the molecule is CCC(CC)CNc1ccnc(Nc2c(C)cc(C)cc2C)c1N. The van der Waals surface area contributed by atoms with Crippen molar-refractivity contribution in [1.29, 1.82) is 0 Å². The van der Waals surface area contributed by atoms with E-state index in [-0.39, 0.29) is 0 Å². The fraction of sp³-hybridized carbons (Fsp3) is 0.450. The van der Waals surface area contributed by atoms with Gasteiger partial charge in [0.15, 0.2) is 5.82 Å². The molecule has 0 unspecified atom stereocenters. The van der Waals surface area contributed by atoms with E-state index in [1.54, 1.807) is 6.20 Å². The second-order valence-electron chi connectivity index (χ2n) is 6.58. The Morgan fingerprint density at radius 1 is 1.08 bits per heavy atom. The van der Waals surface area contributed by atoms with Crippen LogP contribution in [0.5, 0.6) is 0 Å². The Balaban J connectivity index is 2.22. The number of hydrogen-bond acceptors (Lipinski definition) is 4. The molecule has 0 atom stereocenters. The summed E-state index contributed by atoms with van der Waals surface area (Å²) in [5.41, 5.74) is 12.7. The minimum absolute atomic E-state index is 0.663. The highest BCUT2D eigenvalue weighted by atomic mass is 15.0. The maximum atomic E-state index is 6.34. The highest BCUT2D eigenvalue weighted by Crippen LogP contribution is 2.31. The first-order valence-corrected chi connectivity index (χ1v) is 8.79. The van der Waals surface area contributed by atoms with E-state index < -0.39 is 0 Å². The van der Waals surface area contributed by atoms with Gasteiger partial charge in [-0.05, 0) is 43.9 Å². The molecule has 0 aliphatic carbocycles. The van der Waals surface area contributed by atoms with Crippen LogP contribution >= 0.6 is 0 Å². The van der Waals surface area contributed by atoms with Crippen molar-refractivity contribution >= 4 is 22.9 Å². The predicted octanol–water partition coefficient (Wildman–Crippen LogP) is 5.18. The first-order valence-electron chi connectivity index (χ1n) is 8.79. The van der Waals surface area contributed by atoms with Crippen LogP contribution in [0.4, 0.5) is 22.9 Å². The molecule has 1 aromatic carbocycles. The van der Waals surface area contributed by atoms with Gasteiger partial charge < -0.3 is 16.4 Å². The van der Waals surface area contributed by atoms with Crippen molar-refractivity contribution in [2.45, 2.75) is 47.5 Å². The van der Waals surface area contributed by atoms with Gasteiger partial charge in [0.25, 0.3) is 0 Å². The Morgan fingerprint density at radius 3 is 2.29 bits per heavy atom. The number of nitrogen functional groups attached to an aromatic ring is 1. The van der Waals surface area contributed by atoms with Gasteiger partial charge in [0.1, 0.15) is 0 Å². The number of aryl methyl sites for hydroxylation is 3. The Hall–Kier alpha value is -2.23. The molecule has 4 N–H and O–H groups in total. The normalized spacial score (nSPS) is 10.9. The molecule has 2 aromatic rings. The summed E-state index contributed by atoms with van der Waals surface area (Å²) in [5.74, 6) is 1.37. The van der Waals surface area contributed by atoms with Crippen LogP contribution in [0.1, 0.15) is 43.4 Å². The van der Waals surface area contributed by atoms with Crippen LogP contribution in [0.2, 0.25) is 0 Å². The Morgan fingerprint density at radius 2 is 1.71 bits per heavy atom. The molecule has 0 bridgehead atoms. The van der Waals surface area contributed by atoms with E-state index in [1.165, 1.54) is 29.5 Å². The van der Waals surface area contributed by atoms with Gasteiger partial charge in [-0.2, -0.15) is 0 Å². The Bertz CT molecular complexity index is 667. The van der Waals surface area contributed by atoms with Crippen molar-refractivity contribution in [1.82, 2.24) is 4.98 Å². The fourth-order valence-corrected chi connectivity index (χ4v) is 3.05. The molecule has 0 radical (unpaired) electrons. The molecule has 0 saturated carbocycles. The Labute approximate surface area is 145 Å². The number of aromatic nitrogens is 1. The summed E-state index contributed by atoms with van der Waals surface area (Å²) >= 11 is 0. The molecule has 0 saturated heterocycles. The zero-order valence-electron chi connectivity index (χ0n) is 15.5. The largest absolute Gasteiger partial charge is 0.394 e. The van der Waals surface area contributed by atoms with Crippen molar-refractivity contribution in [3.05, 3.63) is 41.1 Å². The third-order valence-corrected chi connectivity index (χ3v) is 4.65. The number of pyridine rings is 1. The summed E-state index contributed by atoms with van der Waals surface area (Å²) in [4.78, 5) is 4.43. The molecule has 0 aliphatic heterocycles. The number of anilines is 4. The molecule has 24 heavy (non-hydrogen) atoms. The van der Waals surface area contributed by atoms with Crippen LogP contribution in [0.25, 0.3) is 0 Å². The monoisotopic (exact) mass is 326 g/mol. The van der Waals surface area contributed by atoms with Crippen molar-refractivity contribution in [3.8, 4) is 0 Å². The van der Waals surface area contributed by atoms with Crippen molar-refractivity contribution in [2.24, 2.45) is 5.92 Å². The minimum atomic E-state index is 0.663. The molecule has 0 aliphatic rings. The van der Waals surface area contributed by atoms with Gasteiger partial charge in [-0.25, -0.2) is 4.98 Å². The first kappa shape index (κ1) is 18.1. The highest BCUT2D eigenvalue weighted by Gasteiger charge is 2.11. The second-order valence-corrected chi connectivity index (χ2v) is 6.58. The number of nitrogens with two attached hydrogens (primary N) is 1. The van der Waals surface area contributed by atoms with Gasteiger partial charge in [0.2, 0.25) is 0 Å². The van der Waals surface area contributed by atoms with E-state index in [0.717, 1.165) is 17.9 Å². The van der Waals surface area contributed by atoms with E-state index >= 15 is 0 Å². The molecule has 1 heterocycles. The topological polar surface area (TPSA) is 63.0 Å². The molecule has 2 rings (SSSR count). The predicted molar refractivity (Wildman–Crippen MR) is 105 cm³/mol. The average Bonchev–Trinajstić information content (AvgIpc) is 2.54. The van der Waals surface area contributed by atoms with Crippen LogP contribution in [-0.2, 0) is 0 Å². The summed E-state index contributed by atoms with van der Waals surface area (Å²) in [6.07, 6.45) is 4.13. The van der Waals surface area contributed by atoms with Gasteiger partial charge in [0, 0.05) is 18.4 Å². The van der Waals surface area contributed by atoms with Gasteiger partial charge in [-0.1, -0.05) is 44.4 Å². The van der Waals surface area contributed by atoms with Gasteiger partial charge >= 0.3 is 0 Å². The maximum absolute atomic E-state index is 6.34. The second kappa shape index (κ2) is 8.04. The summed E-state index contributed by atoms with van der Waals surface area (Å²) in [6.45, 7) is 11.7. The molecule has 4 nitrogen and oxygen atoms in total. The molecular weight excluding hydrogens is 296 g/mol. The highest BCUT2D eigenvalue weighted by molar-refractivity contribution is 5.81. The summed E-state index contributed by atoms with van der Waals surface area (Å²) in [7, 11) is 0. The van der Waals surface area contributed by atoms with Crippen LogP contribution in [-0.4, -0.2) is 11.5 Å². The van der Waals surface area contributed by atoms with E-state index in [0.29, 0.717) is 17.4 Å². The number of benzene rings is 1. The number of nitrogens with zero attached hydrogens (tertiary/aromatic N) is 1. The third kappa shape index (κ3) is 4.19. The molecule has 0 amide bonds. The van der Waals surface area contributed by atoms with Crippen LogP contribution in [0.3, 0.4) is 0 Å². The number of nitrogens with one attached hydrogen (secondary N) is 2. The van der Waals surface area contributed by atoms with Gasteiger partial charge in [-0.3, -0.25) is 0 Å². The van der Waals surface area contributed by atoms with E-state index in [2.05, 4.69) is 62.4 Å². The lowest BCUT2D eigenvalue weighted by atomic mass is 10.0. The molecule has 4 heteroatoms. The maximum Gasteiger partial charge on any atom is 0.155 e. The fourth-order valence-electron chi connectivity index (χ4n) is 3.05. The van der Waals surface area contributed by atoms with Crippen LogP contribution in [0.15, 0.2) is 24.4 Å². The van der Waals surface area contributed by atoms with E-state index in [1.807, 2.05) is 6.07 Å². The summed E-state index contributed by atoms with van der Waals surface area (Å²) in [6, 6.07) is 6.28. The number of rotatable bonds is 7. The minimum Gasteiger partial charge on any atom is -0.394 e. The zero-order chi connectivity index (χ0) is 17.7. The van der Waals surface area contributed by atoms with Crippen LogP contribution < -0.4 is 16.4 Å². The molecule has 0 fully saturated rings. The lowest BCUT2D eigenvalue weighted by Gasteiger charge is -2.18. The van der Waals surface area contributed by atoms with Crippen molar-refractivity contribution in [3.63, 3.8) is 0 Å². The summed E-state index contributed by atoms with van der Waals surface area (Å²) in [5, 5.41) is 6.89. The van der Waals surface area contributed by atoms with Gasteiger partial charge in [0.05, 0.1) is 11.4 Å². The standard InChI is InChI=1S/C20H30N4/c1-6-16(7-2)12-23-17-8-9-22-20(18(17)21)24-19-14(4)10-13(3)11-15(19)5/h8-11,16H,6-7,12,21H2,1-5H3,(H2,22,23,24). The molecular formula is C20H30N4. The molecule has 1 aromatic heterocycles. The molecule has 0 spiro atoms.